The number of pyridine rings is 1. The Morgan fingerprint density at radius 2 is 1.95 bits per heavy atom. The van der Waals surface area contributed by atoms with E-state index in [2.05, 4.69) is 20.9 Å². The van der Waals surface area contributed by atoms with E-state index in [-0.39, 0.29) is 6.54 Å². The van der Waals surface area contributed by atoms with Crippen LogP contribution in [0.15, 0.2) is 34.9 Å². The van der Waals surface area contributed by atoms with Gasteiger partial charge in [-0.3, -0.25) is 14.5 Å². The molecule has 0 radical (unpaired) electrons. The number of carbonyl (C=O) groups excluding carboxylic acids is 2. The fraction of sp³-hybridized carbons (Fsp3) is 0.0714. The van der Waals surface area contributed by atoms with Gasteiger partial charge < -0.3 is 0 Å². The molecule has 1 aromatic carbocycles. The van der Waals surface area contributed by atoms with E-state index in [0.717, 1.165) is 0 Å². The highest BCUT2D eigenvalue weighted by molar-refractivity contribution is 9.10. The van der Waals surface area contributed by atoms with Crippen LogP contribution in [0.2, 0.25) is 10.0 Å². The Bertz CT molecular complexity index is 780. The summed E-state index contributed by atoms with van der Waals surface area (Å²) < 4.78 is 0.647. The molecule has 0 atom stereocenters. The first kappa shape index (κ1) is 14.5. The van der Waals surface area contributed by atoms with Crippen molar-refractivity contribution < 1.29 is 9.59 Å². The van der Waals surface area contributed by atoms with E-state index >= 15 is 0 Å². The van der Waals surface area contributed by atoms with Gasteiger partial charge in [0, 0.05) is 20.7 Å². The highest BCUT2D eigenvalue weighted by Crippen LogP contribution is 2.31. The lowest BCUT2D eigenvalue weighted by Gasteiger charge is -2.16. The summed E-state index contributed by atoms with van der Waals surface area (Å²) in [6.07, 6.45) is 1.54. The molecule has 0 aliphatic carbocycles. The average Bonchev–Trinajstić information content (AvgIpc) is 2.66. The molecule has 3 rings (SSSR count). The molecule has 21 heavy (non-hydrogen) atoms. The van der Waals surface area contributed by atoms with Crippen molar-refractivity contribution in [2.75, 3.05) is 4.90 Å². The van der Waals surface area contributed by atoms with Gasteiger partial charge in [-0.15, -0.1) is 0 Å². The third-order valence-electron chi connectivity index (χ3n) is 3.12. The van der Waals surface area contributed by atoms with Gasteiger partial charge in [0.25, 0.3) is 5.78 Å². The van der Waals surface area contributed by atoms with E-state index in [1.54, 1.807) is 30.5 Å². The van der Waals surface area contributed by atoms with Crippen LogP contribution in [0.1, 0.15) is 15.9 Å². The zero-order chi connectivity index (χ0) is 15.1. The number of fused-ring (bicyclic) bond motifs is 1. The lowest BCUT2D eigenvalue weighted by molar-refractivity contribution is -0.114. The number of carbonyl (C=O) groups is 2. The highest BCUT2D eigenvalue weighted by Gasteiger charge is 2.37. The van der Waals surface area contributed by atoms with Crippen LogP contribution >= 0.6 is 39.1 Å². The van der Waals surface area contributed by atoms with Gasteiger partial charge in [0.05, 0.1) is 12.1 Å². The molecule has 2 aromatic rings. The number of hydrogen-bond acceptors (Lipinski definition) is 3. The van der Waals surface area contributed by atoms with E-state index in [0.29, 0.717) is 31.5 Å². The first-order valence-corrected chi connectivity index (χ1v) is 7.48. The predicted molar refractivity (Wildman–Crippen MR) is 83.9 cm³/mol. The lowest BCUT2D eigenvalue weighted by Crippen LogP contribution is -2.29. The Labute approximate surface area is 138 Å². The molecule has 0 bridgehead atoms. The van der Waals surface area contributed by atoms with Crippen LogP contribution < -0.4 is 4.90 Å². The van der Waals surface area contributed by atoms with Gasteiger partial charge in [0.2, 0.25) is 0 Å². The molecule has 0 unspecified atom stereocenters. The fourth-order valence-corrected chi connectivity index (χ4v) is 2.91. The third kappa shape index (κ3) is 2.57. The third-order valence-corrected chi connectivity index (χ3v) is 4.14. The number of anilines is 1. The van der Waals surface area contributed by atoms with Crippen LogP contribution in [0.4, 0.5) is 5.82 Å². The summed E-state index contributed by atoms with van der Waals surface area (Å²) in [4.78, 5) is 29.6. The van der Waals surface area contributed by atoms with Crippen molar-refractivity contribution in [3.8, 4) is 0 Å². The van der Waals surface area contributed by atoms with E-state index in [1.165, 1.54) is 4.90 Å². The summed E-state index contributed by atoms with van der Waals surface area (Å²) in [5, 5.41) is 0.948. The quantitative estimate of drug-likeness (QED) is 0.737. The van der Waals surface area contributed by atoms with E-state index in [4.69, 9.17) is 23.2 Å². The van der Waals surface area contributed by atoms with Crippen molar-refractivity contribution in [2.24, 2.45) is 0 Å². The SMILES string of the molecule is O=C1C(=O)N(Cc2ccc(Cl)cc2Cl)c2ncc(Br)cc21. The molecule has 106 valence electrons. The Balaban J connectivity index is 2.00. The van der Waals surface area contributed by atoms with Gasteiger partial charge >= 0.3 is 5.91 Å². The second-order valence-corrected chi connectivity index (χ2v) is 6.24. The van der Waals surface area contributed by atoms with Crippen molar-refractivity contribution >= 4 is 56.6 Å². The molecule has 0 N–H and O–H groups in total. The van der Waals surface area contributed by atoms with Crippen LogP contribution in [-0.2, 0) is 11.3 Å². The minimum atomic E-state index is -0.610. The minimum absolute atomic E-state index is 0.169. The largest absolute Gasteiger partial charge is 0.301 e. The van der Waals surface area contributed by atoms with Crippen molar-refractivity contribution in [1.82, 2.24) is 4.98 Å². The molecule has 0 fully saturated rings. The van der Waals surface area contributed by atoms with E-state index in [1.807, 2.05) is 0 Å². The molecule has 1 amide bonds. The highest BCUT2D eigenvalue weighted by atomic mass is 79.9. The number of Topliss-reactive ketones (excluding diaryl/α,β-unsaturated/α-hetero) is 1. The number of nitrogens with zero attached hydrogens (tertiary/aromatic N) is 2. The predicted octanol–water partition coefficient (Wildman–Crippen LogP) is 3.88. The van der Waals surface area contributed by atoms with Crippen LogP contribution in [0.25, 0.3) is 0 Å². The molecule has 1 aromatic heterocycles. The summed E-state index contributed by atoms with van der Waals surface area (Å²) in [5.41, 5.74) is 0.985. The molecule has 4 nitrogen and oxygen atoms in total. The molecular formula is C14H7BrCl2N2O2. The number of amides is 1. The Morgan fingerprint density at radius 3 is 2.67 bits per heavy atom. The number of aromatic nitrogens is 1. The zero-order valence-electron chi connectivity index (χ0n) is 10.4. The van der Waals surface area contributed by atoms with Crippen LogP contribution in [-0.4, -0.2) is 16.7 Å². The number of benzene rings is 1. The summed E-state index contributed by atoms with van der Waals surface area (Å²) in [6.45, 7) is 0.169. The van der Waals surface area contributed by atoms with Gasteiger partial charge in [-0.2, -0.15) is 0 Å². The van der Waals surface area contributed by atoms with Gasteiger partial charge in [0.1, 0.15) is 5.82 Å². The normalized spacial score (nSPS) is 13.8. The molecule has 1 aliphatic rings. The van der Waals surface area contributed by atoms with Crippen molar-refractivity contribution in [3.05, 3.63) is 56.1 Å². The molecule has 0 spiro atoms. The lowest BCUT2D eigenvalue weighted by atomic mass is 10.2. The molecule has 0 saturated heterocycles. The summed E-state index contributed by atoms with van der Waals surface area (Å²) in [7, 11) is 0. The van der Waals surface area contributed by atoms with Gasteiger partial charge in [-0.05, 0) is 39.7 Å². The number of ketones is 1. The van der Waals surface area contributed by atoms with Crippen LogP contribution in [0.5, 0.6) is 0 Å². The van der Waals surface area contributed by atoms with E-state index < -0.39 is 11.7 Å². The van der Waals surface area contributed by atoms with E-state index in [9.17, 15) is 9.59 Å². The summed E-state index contributed by atoms with van der Waals surface area (Å²) in [6, 6.07) is 6.59. The minimum Gasteiger partial charge on any atom is -0.285 e. The maximum absolute atomic E-state index is 12.1. The topological polar surface area (TPSA) is 50.3 Å². The van der Waals surface area contributed by atoms with Crippen LogP contribution in [0, 0.1) is 0 Å². The average molecular weight is 386 g/mol. The van der Waals surface area contributed by atoms with Crippen molar-refractivity contribution in [2.45, 2.75) is 6.54 Å². The standard InChI is InChI=1S/C14H7BrCl2N2O2/c15-8-3-10-12(20)14(21)19(13(10)18-5-8)6-7-1-2-9(16)4-11(7)17/h1-5H,6H2. The Kier molecular flexibility index (Phi) is 3.73. The zero-order valence-corrected chi connectivity index (χ0v) is 13.5. The second-order valence-electron chi connectivity index (χ2n) is 4.48. The Hall–Kier alpha value is -1.43. The first-order chi connectivity index (χ1) is 9.97. The summed E-state index contributed by atoms with van der Waals surface area (Å²) in [5.74, 6) is -0.829. The maximum Gasteiger partial charge on any atom is 0.301 e. The second kappa shape index (κ2) is 5.40. The van der Waals surface area contributed by atoms with Gasteiger partial charge in [0.15, 0.2) is 0 Å². The number of halogens is 3. The van der Waals surface area contributed by atoms with Crippen LogP contribution in [0.3, 0.4) is 0 Å². The molecule has 0 saturated carbocycles. The molecular weight excluding hydrogens is 379 g/mol. The molecule has 2 heterocycles. The van der Waals surface area contributed by atoms with Gasteiger partial charge in [-0.25, -0.2) is 4.98 Å². The Morgan fingerprint density at radius 1 is 1.19 bits per heavy atom. The number of rotatable bonds is 2. The van der Waals surface area contributed by atoms with Gasteiger partial charge in [-0.1, -0.05) is 29.3 Å². The molecule has 7 heteroatoms. The smallest absolute Gasteiger partial charge is 0.285 e. The number of hydrogen-bond donors (Lipinski definition) is 0. The maximum atomic E-state index is 12.1. The fourth-order valence-electron chi connectivity index (χ4n) is 2.12. The summed E-state index contributed by atoms with van der Waals surface area (Å²) >= 11 is 15.2. The van der Waals surface area contributed by atoms with Crippen molar-refractivity contribution in [1.29, 1.82) is 0 Å². The monoisotopic (exact) mass is 384 g/mol. The van der Waals surface area contributed by atoms with Crippen molar-refractivity contribution in [3.63, 3.8) is 0 Å². The molecule has 1 aliphatic heterocycles. The first-order valence-electron chi connectivity index (χ1n) is 5.93.